The molecule has 1 radical (unpaired) electrons. The van der Waals surface area contributed by atoms with Gasteiger partial charge in [-0.05, 0) is 81.0 Å². The van der Waals surface area contributed by atoms with E-state index in [9.17, 15) is 78.9 Å². The number of phenols is 1. The third kappa shape index (κ3) is 28.4. The van der Waals surface area contributed by atoms with Crippen molar-refractivity contribution in [1.29, 1.82) is 0 Å². The number of H-pyrrole nitrogens is 1. The number of amides is 6. The average Bonchev–Trinajstić information content (AvgIpc) is 1.79. The first-order valence-corrected chi connectivity index (χ1v) is 35.5. The number of para-hydroxylation sites is 1. The minimum atomic E-state index is -1.86. The van der Waals surface area contributed by atoms with E-state index in [1.807, 2.05) is 0 Å². The van der Waals surface area contributed by atoms with E-state index < -0.39 is 164 Å². The molecule has 0 bridgehead atoms. The number of aliphatic carboxylic acids is 4. The summed E-state index contributed by atoms with van der Waals surface area (Å²) in [7, 11) is 1.86. The summed E-state index contributed by atoms with van der Waals surface area (Å²) in [6.07, 6.45) is -2.98. The number of Topliss-reactive ketones (excluding diaryl/α,β-unsaturated/α-hetero) is 2. The molecule has 6 rings (SSSR count). The third-order valence-corrected chi connectivity index (χ3v) is 19.7. The Balaban J connectivity index is 0.0000184. The molecule has 2 fully saturated rings. The van der Waals surface area contributed by atoms with Crippen molar-refractivity contribution in [2.24, 2.45) is 17.6 Å². The Labute approximate surface area is 602 Å². The van der Waals surface area contributed by atoms with Crippen LogP contribution in [0.15, 0.2) is 85.1 Å². The fraction of sp³-hybridized carbons (Fsp3) is 0.522. The number of rotatable bonds is 27. The number of carbonyl (C=O) groups excluding carboxylic acids is 8. The Kier molecular flexibility index (Phi) is 35.1. The van der Waals surface area contributed by atoms with E-state index >= 15 is 14.4 Å². The van der Waals surface area contributed by atoms with Crippen molar-refractivity contribution < 1.29 is 110 Å². The molecule has 557 valence electrons. The number of carbonyl (C=O) groups is 12. The van der Waals surface area contributed by atoms with Gasteiger partial charge in [0.2, 0.25) is 35.4 Å². The van der Waals surface area contributed by atoms with Crippen molar-refractivity contribution in [3.8, 4) is 5.75 Å². The molecule has 4 aromatic rings. The van der Waals surface area contributed by atoms with Crippen LogP contribution in [-0.2, 0) is 93.9 Å². The van der Waals surface area contributed by atoms with Gasteiger partial charge in [0.25, 0.3) is 0 Å². The molecule has 2 saturated heterocycles. The van der Waals surface area contributed by atoms with Gasteiger partial charge in [-0.2, -0.15) is 0 Å². The van der Waals surface area contributed by atoms with Crippen molar-refractivity contribution in [2.75, 3.05) is 96.6 Å². The first-order chi connectivity index (χ1) is 47.7. The second-order valence-corrected chi connectivity index (χ2v) is 27.6. The van der Waals surface area contributed by atoms with E-state index in [-0.39, 0.29) is 132 Å². The molecule has 0 saturated carbocycles. The summed E-state index contributed by atoms with van der Waals surface area (Å²) in [6.45, 7) is 1.65. The number of hydrogen-bond donors (Lipinski definition) is 15. The van der Waals surface area contributed by atoms with Crippen LogP contribution in [0.2, 0.25) is 0 Å². The van der Waals surface area contributed by atoms with E-state index in [0.717, 1.165) is 28.5 Å². The number of nitrogens with one attached hydrogen (secondary N) is 7. The first-order valence-electron chi connectivity index (χ1n) is 33.0. The number of unbranched alkanes of at least 4 members (excludes halogenated alkanes) is 1. The molecule has 6 amide bonds. The van der Waals surface area contributed by atoms with E-state index in [1.54, 1.807) is 80.4 Å². The van der Waals surface area contributed by atoms with Gasteiger partial charge in [0.15, 0.2) is 17.6 Å². The maximum absolute atomic E-state index is 15.4. The summed E-state index contributed by atoms with van der Waals surface area (Å²) >= 11 is 0. The van der Waals surface area contributed by atoms with Crippen LogP contribution in [0.4, 0.5) is 0 Å². The zero-order chi connectivity index (χ0) is 73.0. The minimum Gasteiger partial charge on any atom is -0.508 e. The molecule has 2 aliphatic rings. The van der Waals surface area contributed by atoms with Crippen LogP contribution >= 0.6 is 21.6 Å². The van der Waals surface area contributed by atoms with Crippen LogP contribution in [0.3, 0.4) is 0 Å². The number of aromatic amines is 1. The van der Waals surface area contributed by atoms with Gasteiger partial charge in [-0.3, -0.25) is 72.3 Å². The number of fused-ring (bicyclic) bond motifs is 1. The molecule has 3 heterocycles. The Bertz CT molecular complexity index is 3420. The Morgan fingerprint density at radius 3 is 1.66 bits per heavy atom. The molecule has 34 heteroatoms. The Hall–Kier alpha value is -8.02. The van der Waals surface area contributed by atoms with Gasteiger partial charge in [0, 0.05) is 124 Å². The molecular weight excluding hydrogens is 1400 g/mol. The molecule has 2 aliphatic heterocycles. The molecule has 10 atom stereocenters. The summed E-state index contributed by atoms with van der Waals surface area (Å²) in [4.78, 5) is 176. The van der Waals surface area contributed by atoms with Crippen molar-refractivity contribution in [3.63, 3.8) is 0 Å². The third-order valence-electron chi connectivity index (χ3n) is 17.1. The van der Waals surface area contributed by atoms with Crippen molar-refractivity contribution in [1.82, 2.24) is 56.5 Å². The second-order valence-electron chi connectivity index (χ2n) is 25.1. The van der Waals surface area contributed by atoms with E-state index in [4.69, 9.17) is 5.73 Å². The summed E-state index contributed by atoms with van der Waals surface area (Å²) in [5, 5.41) is 87.7. The van der Waals surface area contributed by atoms with Gasteiger partial charge in [0.05, 0.1) is 56.3 Å². The molecule has 3 aromatic carbocycles. The average molecular weight is 1500 g/mol. The van der Waals surface area contributed by atoms with Crippen LogP contribution in [0.1, 0.15) is 62.6 Å². The molecule has 31 nitrogen and oxygen atoms in total. The number of phenolic OH excluding ortho intramolecular Hbond substituents is 1. The summed E-state index contributed by atoms with van der Waals surface area (Å²) in [5.74, 6) is -15.6. The Morgan fingerprint density at radius 1 is 0.604 bits per heavy atom. The number of aromatic nitrogens is 1. The van der Waals surface area contributed by atoms with Crippen LogP contribution in [0.5, 0.6) is 5.75 Å². The molecule has 0 aliphatic carbocycles. The normalized spacial score (nSPS) is 21.8. The van der Waals surface area contributed by atoms with Crippen LogP contribution in [0, 0.1) is 11.8 Å². The van der Waals surface area contributed by atoms with Gasteiger partial charge >= 0.3 is 23.9 Å². The predicted octanol–water partition coefficient (Wildman–Crippen LogP) is -1.20. The number of aliphatic hydroxyl groups is 2. The van der Waals surface area contributed by atoms with Gasteiger partial charge < -0.3 is 78.4 Å². The fourth-order valence-electron chi connectivity index (χ4n) is 11.6. The standard InChI is InChI=1S/C67H92N12O19S2.Cu/c1-40(80)60-55(84)32-46(63(93)75-61(41(2)81)67(97)98)39-100-99-38-45(31-54(83)51(28-42-10-4-3-5-11-42)70-56(85)34-76-20-22-77(35-57(86)87)24-26-79(37-59(90)91)27-25-78(23-21-76)36-58(88)89)62(92)72-52(29-43-15-17-47(82)18-16-43)65(95)73-53(30-44-33-69-49-13-7-6-12-48(44)49)66(96)71-50(64(94)74-60)14-8-9-19-68;/h3-7,10-13,15-18,33,40-41,45-46,50-53,60-61,69,80-82H,8-9,14,19-32,34-39,68H2,1-2H3,(H,70,85)(H,71,96)(H,72,92)(H,73,95)(H,74,94)(H,75,93)(H,86,87)(H,88,89)(H,90,91)(H,97,98);/t40?,41-,45?,46?,50+,51?,52+,53?,60+,61?;/m1./s1/i;1+0. The molecule has 1 aromatic heterocycles. The molecular formula is C67H92CuN12O19S2. The topological polar surface area (TPSA) is 473 Å². The summed E-state index contributed by atoms with van der Waals surface area (Å²) in [5.41, 5.74) is 8.08. The summed E-state index contributed by atoms with van der Waals surface area (Å²) < 4.78 is 0. The number of benzene rings is 3. The SMILES string of the molecule is CC(O)[C@@H]1NC(=O)[C@H](CCCCN)NC(=O)C(Cc2c[nH]c3ccccc23)NC(=O)[C@H](Cc2ccc(O)cc2)NC(=O)C(CC(=O)C(Cc2ccccc2)NC(=O)CN2CCN(CC(=O)O)CCN(CC(=O)O)CCN(CC(=O)O)CC2)CSSCC(C(=O)NC(C(=O)O)[C@@H](C)O)CC1=O.[64Cu]. The van der Waals surface area contributed by atoms with Gasteiger partial charge in [0.1, 0.15) is 29.9 Å². The van der Waals surface area contributed by atoms with Crippen LogP contribution < -0.4 is 37.6 Å². The molecule has 0 spiro atoms. The van der Waals surface area contributed by atoms with Gasteiger partial charge in [-0.1, -0.05) is 82.3 Å². The number of carboxylic acids is 4. The number of aromatic hydroxyl groups is 1. The maximum atomic E-state index is 15.4. The van der Waals surface area contributed by atoms with Crippen LogP contribution in [0.25, 0.3) is 10.9 Å². The maximum Gasteiger partial charge on any atom is 0.328 e. The monoisotopic (exact) mass is 1500 g/mol. The molecule has 101 heavy (non-hydrogen) atoms. The van der Waals surface area contributed by atoms with Gasteiger partial charge in [-0.15, -0.1) is 0 Å². The number of ketones is 2. The molecule has 6 unspecified atom stereocenters. The number of hydrogen-bond acceptors (Lipinski definition) is 22. The van der Waals surface area contributed by atoms with Crippen molar-refractivity contribution >= 4 is 103 Å². The van der Waals surface area contributed by atoms with E-state index in [0.29, 0.717) is 34.0 Å². The largest absolute Gasteiger partial charge is 0.508 e. The number of nitrogens with zero attached hydrogens (tertiary/aromatic N) is 4. The molecule has 16 N–H and O–H groups in total. The van der Waals surface area contributed by atoms with Crippen molar-refractivity contribution in [3.05, 3.63) is 102 Å². The minimum absolute atomic E-state index is 0. The zero-order valence-corrected chi connectivity index (χ0v) is 58.7. The van der Waals surface area contributed by atoms with Crippen LogP contribution in [-0.4, -0.2) is 276 Å². The summed E-state index contributed by atoms with van der Waals surface area (Å²) in [6, 6.07) is 12.0. The number of carboxylic acid groups (broad SMARTS) is 4. The fourth-order valence-corrected chi connectivity index (χ4v) is 14.2. The van der Waals surface area contributed by atoms with Crippen molar-refractivity contribution in [2.45, 2.75) is 114 Å². The van der Waals surface area contributed by atoms with Gasteiger partial charge in [-0.25, -0.2) is 4.79 Å². The smallest absolute Gasteiger partial charge is 0.328 e. The predicted molar refractivity (Wildman–Crippen MR) is 369 cm³/mol. The zero-order valence-electron chi connectivity index (χ0n) is 56.1. The first kappa shape index (κ1) is 83.6. The Morgan fingerprint density at radius 2 is 1.12 bits per heavy atom. The van der Waals surface area contributed by atoms with E-state index in [1.165, 1.54) is 31.2 Å². The number of nitrogens with two attached hydrogens (primary N) is 1. The second kappa shape index (κ2) is 42.4. The van der Waals surface area contributed by atoms with E-state index in [2.05, 4.69) is 36.9 Å². The number of aliphatic hydroxyl groups excluding tert-OH is 2. The quantitative estimate of drug-likeness (QED) is 0.0189.